The molecular formula is C14H15BrN4O. The smallest absolute Gasteiger partial charge is 0.270 e. The van der Waals surface area contributed by atoms with Crippen LogP contribution in [0.4, 0.5) is 5.69 Å². The quantitative estimate of drug-likeness (QED) is 0.593. The summed E-state index contributed by atoms with van der Waals surface area (Å²) in [4.78, 5) is 16.2. The number of anilines is 1. The Kier molecular flexibility index (Phi) is 4.70. The number of nitrogens with zero attached hydrogens (tertiary/aromatic N) is 1. The molecule has 1 heterocycles. The van der Waals surface area contributed by atoms with Crippen LogP contribution in [-0.4, -0.2) is 10.9 Å². The molecule has 1 amide bonds. The van der Waals surface area contributed by atoms with Gasteiger partial charge in [0.25, 0.3) is 5.91 Å². The Morgan fingerprint density at radius 1 is 1.35 bits per heavy atom. The fourth-order valence-electron chi connectivity index (χ4n) is 1.77. The number of rotatable bonds is 4. The van der Waals surface area contributed by atoms with Crippen LogP contribution >= 0.6 is 15.9 Å². The summed E-state index contributed by atoms with van der Waals surface area (Å²) in [7, 11) is 0. The third-order valence-electron chi connectivity index (χ3n) is 2.86. The van der Waals surface area contributed by atoms with Gasteiger partial charge in [-0.15, -0.1) is 0 Å². The second kappa shape index (κ2) is 6.49. The van der Waals surface area contributed by atoms with Gasteiger partial charge < -0.3 is 10.7 Å². The molecule has 1 aromatic carbocycles. The van der Waals surface area contributed by atoms with Crippen molar-refractivity contribution in [2.45, 2.75) is 13.0 Å². The number of amides is 1. The Labute approximate surface area is 125 Å². The van der Waals surface area contributed by atoms with Gasteiger partial charge in [-0.1, -0.05) is 28.1 Å². The van der Waals surface area contributed by atoms with Crippen molar-refractivity contribution in [3.05, 3.63) is 58.3 Å². The number of hydrogen-bond donors (Lipinski definition) is 3. The highest BCUT2D eigenvalue weighted by Gasteiger charge is 2.13. The zero-order valence-corrected chi connectivity index (χ0v) is 12.5. The van der Waals surface area contributed by atoms with Gasteiger partial charge in [0.2, 0.25) is 0 Å². The minimum Gasteiger partial charge on any atom is -0.344 e. The molecule has 0 aliphatic carbocycles. The van der Waals surface area contributed by atoms with Gasteiger partial charge >= 0.3 is 0 Å². The average molecular weight is 335 g/mol. The standard InChI is InChI=1S/C14H15BrN4O/c1-9(10-3-2-4-11(15)7-10)18-14(20)13-8-12(19-16)5-6-17-13/h2-9H,16H2,1H3,(H,17,19)(H,18,20). The Hall–Kier alpha value is -1.92. The predicted octanol–water partition coefficient (Wildman–Crippen LogP) is 2.62. The van der Waals surface area contributed by atoms with Crippen LogP contribution in [0.1, 0.15) is 29.0 Å². The van der Waals surface area contributed by atoms with E-state index in [1.54, 1.807) is 12.1 Å². The van der Waals surface area contributed by atoms with Crippen LogP contribution in [-0.2, 0) is 0 Å². The molecule has 0 saturated heterocycles. The Morgan fingerprint density at radius 3 is 2.85 bits per heavy atom. The van der Waals surface area contributed by atoms with E-state index >= 15 is 0 Å². The lowest BCUT2D eigenvalue weighted by Crippen LogP contribution is -2.27. The number of hydrogen-bond acceptors (Lipinski definition) is 4. The molecule has 2 rings (SSSR count). The van der Waals surface area contributed by atoms with Crippen molar-refractivity contribution in [3.8, 4) is 0 Å². The monoisotopic (exact) mass is 334 g/mol. The minimum atomic E-state index is -0.241. The molecular weight excluding hydrogens is 320 g/mol. The maximum atomic E-state index is 12.1. The molecule has 0 aliphatic rings. The molecule has 4 N–H and O–H groups in total. The zero-order valence-electron chi connectivity index (χ0n) is 10.9. The lowest BCUT2D eigenvalue weighted by molar-refractivity contribution is 0.0935. The second-order valence-electron chi connectivity index (χ2n) is 4.32. The topological polar surface area (TPSA) is 80.0 Å². The van der Waals surface area contributed by atoms with E-state index in [-0.39, 0.29) is 11.9 Å². The van der Waals surface area contributed by atoms with Crippen molar-refractivity contribution in [2.24, 2.45) is 5.84 Å². The van der Waals surface area contributed by atoms with Crippen LogP contribution in [0.15, 0.2) is 47.1 Å². The number of benzene rings is 1. The maximum Gasteiger partial charge on any atom is 0.270 e. The summed E-state index contributed by atoms with van der Waals surface area (Å²) < 4.78 is 0.976. The first-order chi connectivity index (χ1) is 9.60. The summed E-state index contributed by atoms with van der Waals surface area (Å²) in [6.45, 7) is 1.92. The molecule has 5 nitrogen and oxygen atoms in total. The lowest BCUT2D eigenvalue weighted by atomic mass is 10.1. The highest BCUT2D eigenvalue weighted by Crippen LogP contribution is 2.18. The molecule has 0 fully saturated rings. The number of nitrogens with two attached hydrogens (primary N) is 1. The highest BCUT2D eigenvalue weighted by atomic mass is 79.9. The van der Waals surface area contributed by atoms with E-state index in [2.05, 4.69) is 31.7 Å². The average Bonchev–Trinajstić information content (AvgIpc) is 2.47. The van der Waals surface area contributed by atoms with E-state index in [1.165, 1.54) is 6.20 Å². The first kappa shape index (κ1) is 14.5. The molecule has 1 atom stereocenters. The Bertz CT molecular complexity index is 618. The van der Waals surface area contributed by atoms with Crippen molar-refractivity contribution in [1.82, 2.24) is 10.3 Å². The number of hydrazine groups is 1. The summed E-state index contributed by atoms with van der Waals surface area (Å²) in [6, 6.07) is 11.0. The molecule has 1 aromatic heterocycles. The molecule has 0 saturated carbocycles. The predicted molar refractivity (Wildman–Crippen MR) is 82.1 cm³/mol. The van der Waals surface area contributed by atoms with Crippen LogP contribution in [0.5, 0.6) is 0 Å². The summed E-state index contributed by atoms with van der Waals surface area (Å²) in [5.74, 6) is 5.07. The molecule has 20 heavy (non-hydrogen) atoms. The fourth-order valence-corrected chi connectivity index (χ4v) is 2.19. The second-order valence-corrected chi connectivity index (χ2v) is 5.24. The maximum absolute atomic E-state index is 12.1. The number of carbonyl (C=O) groups excluding carboxylic acids is 1. The van der Waals surface area contributed by atoms with Gasteiger partial charge in [0.05, 0.1) is 11.7 Å². The van der Waals surface area contributed by atoms with Gasteiger partial charge in [-0.25, -0.2) is 0 Å². The van der Waals surface area contributed by atoms with Gasteiger partial charge in [-0.05, 0) is 36.8 Å². The van der Waals surface area contributed by atoms with E-state index in [9.17, 15) is 4.79 Å². The summed E-state index contributed by atoms with van der Waals surface area (Å²) in [5, 5.41) is 2.90. The normalized spacial score (nSPS) is 11.8. The van der Waals surface area contributed by atoms with Gasteiger partial charge in [-0.3, -0.25) is 15.6 Å². The first-order valence-electron chi connectivity index (χ1n) is 6.09. The van der Waals surface area contributed by atoms with Gasteiger partial charge in [0.15, 0.2) is 0 Å². The number of nitrogens with one attached hydrogen (secondary N) is 2. The fraction of sp³-hybridized carbons (Fsp3) is 0.143. The number of pyridine rings is 1. The van der Waals surface area contributed by atoms with E-state index in [4.69, 9.17) is 5.84 Å². The van der Waals surface area contributed by atoms with Crippen LogP contribution in [0.3, 0.4) is 0 Å². The molecule has 0 aliphatic heterocycles. The molecule has 0 spiro atoms. The largest absolute Gasteiger partial charge is 0.344 e. The molecule has 1 unspecified atom stereocenters. The highest BCUT2D eigenvalue weighted by molar-refractivity contribution is 9.10. The number of aromatic nitrogens is 1. The zero-order chi connectivity index (χ0) is 14.5. The van der Waals surface area contributed by atoms with Crippen molar-refractivity contribution in [1.29, 1.82) is 0 Å². The van der Waals surface area contributed by atoms with Gasteiger partial charge in [0, 0.05) is 10.7 Å². The molecule has 6 heteroatoms. The Morgan fingerprint density at radius 2 is 2.15 bits per heavy atom. The van der Waals surface area contributed by atoms with E-state index in [1.807, 2.05) is 31.2 Å². The molecule has 104 valence electrons. The van der Waals surface area contributed by atoms with Crippen molar-refractivity contribution >= 4 is 27.5 Å². The first-order valence-corrected chi connectivity index (χ1v) is 6.88. The Balaban J connectivity index is 2.10. The van der Waals surface area contributed by atoms with E-state index in [0.29, 0.717) is 11.4 Å². The summed E-state index contributed by atoms with van der Waals surface area (Å²) >= 11 is 3.41. The number of carbonyl (C=O) groups is 1. The van der Waals surface area contributed by atoms with E-state index in [0.717, 1.165) is 10.0 Å². The number of halogens is 1. The minimum absolute atomic E-state index is 0.115. The molecule has 0 radical (unpaired) electrons. The third-order valence-corrected chi connectivity index (χ3v) is 3.35. The van der Waals surface area contributed by atoms with Gasteiger partial charge in [-0.2, -0.15) is 0 Å². The van der Waals surface area contributed by atoms with Crippen molar-refractivity contribution in [2.75, 3.05) is 5.43 Å². The van der Waals surface area contributed by atoms with Gasteiger partial charge in [0.1, 0.15) is 5.69 Å². The lowest BCUT2D eigenvalue weighted by Gasteiger charge is -2.14. The van der Waals surface area contributed by atoms with Crippen molar-refractivity contribution in [3.63, 3.8) is 0 Å². The third kappa shape index (κ3) is 3.55. The summed E-state index contributed by atoms with van der Waals surface area (Å²) in [5.41, 5.74) is 4.46. The van der Waals surface area contributed by atoms with Crippen LogP contribution < -0.4 is 16.6 Å². The van der Waals surface area contributed by atoms with Crippen molar-refractivity contribution < 1.29 is 4.79 Å². The van der Waals surface area contributed by atoms with Crippen LogP contribution in [0.25, 0.3) is 0 Å². The van der Waals surface area contributed by atoms with Crippen LogP contribution in [0.2, 0.25) is 0 Å². The van der Waals surface area contributed by atoms with E-state index < -0.39 is 0 Å². The molecule has 2 aromatic rings. The molecule has 0 bridgehead atoms. The summed E-state index contributed by atoms with van der Waals surface area (Å²) in [6.07, 6.45) is 1.54. The number of nitrogen functional groups attached to an aromatic ring is 1. The SMILES string of the molecule is CC(NC(=O)c1cc(NN)ccn1)c1cccc(Br)c1. The van der Waals surface area contributed by atoms with Crippen LogP contribution in [0, 0.1) is 0 Å².